The van der Waals surface area contributed by atoms with Gasteiger partial charge in [0.05, 0.1) is 24.4 Å². The number of benzene rings is 3. The minimum Gasteiger partial charge on any atom is -0.465 e. The number of esters is 1. The lowest BCUT2D eigenvalue weighted by Crippen LogP contribution is -2.16. The summed E-state index contributed by atoms with van der Waals surface area (Å²) in [7, 11) is 1.40. The van der Waals surface area contributed by atoms with Crippen molar-refractivity contribution in [2.45, 2.75) is 13.0 Å². The Labute approximate surface area is 148 Å². The fourth-order valence-electron chi connectivity index (χ4n) is 2.93. The van der Waals surface area contributed by atoms with Crippen LogP contribution in [0.5, 0.6) is 0 Å². The summed E-state index contributed by atoms with van der Waals surface area (Å²) in [6.45, 7) is 1.99. The average Bonchev–Trinajstić information content (AvgIpc) is 2.67. The number of methoxy groups -OCH3 is 1. The van der Waals surface area contributed by atoms with Gasteiger partial charge < -0.3 is 10.1 Å². The van der Waals surface area contributed by atoms with E-state index < -0.39 is 0 Å². The number of para-hydroxylation sites is 1. The van der Waals surface area contributed by atoms with Crippen LogP contribution in [-0.2, 0) is 4.74 Å². The average molecular weight is 331 g/mol. The van der Waals surface area contributed by atoms with Gasteiger partial charge in [-0.2, -0.15) is 0 Å². The second-order valence-corrected chi connectivity index (χ2v) is 5.89. The van der Waals surface area contributed by atoms with Crippen LogP contribution in [0.25, 0.3) is 0 Å². The van der Waals surface area contributed by atoms with Gasteiger partial charge in [-0.1, -0.05) is 72.8 Å². The Morgan fingerprint density at radius 1 is 0.840 bits per heavy atom. The molecule has 0 saturated heterocycles. The predicted molar refractivity (Wildman–Crippen MR) is 101 cm³/mol. The Hall–Kier alpha value is -3.07. The summed E-state index contributed by atoms with van der Waals surface area (Å²) in [5.41, 5.74) is 4.60. The zero-order chi connectivity index (χ0) is 17.6. The standard InChI is InChI=1S/C22H21NO2/c1-16-10-9-15-19(22(24)25-2)20(16)23-21(17-11-5-3-6-12-17)18-13-7-4-8-14-18/h3-15,21,23H,1-2H3. The van der Waals surface area contributed by atoms with Crippen LogP contribution in [0.4, 0.5) is 5.69 Å². The first-order chi connectivity index (χ1) is 12.2. The second kappa shape index (κ2) is 7.67. The fourth-order valence-corrected chi connectivity index (χ4v) is 2.93. The van der Waals surface area contributed by atoms with E-state index in [1.807, 2.05) is 55.5 Å². The number of aryl methyl sites for hydroxylation is 1. The van der Waals surface area contributed by atoms with Crippen molar-refractivity contribution in [3.05, 3.63) is 101 Å². The van der Waals surface area contributed by atoms with Crippen molar-refractivity contribution < 1.29 is 9.53 Å². The maximum Gasteiger partial charge on any atom is 0.339 e. The van der Waals surface area contributed by atoms with Crippen molar-refractivity contribution in [1.82, 2.24) is 0 Å². The summed E-state index contributed by atoms with van der Waals surface area (Å²) in [6, 6.07) is 26.0. The van der Waals surface area contributed by atoms with Crippen LogP contribution in [0.1, 0.15) is 33.1 Å². The number of anilines is 1. The summed E-state index contributed by atoms with van der Waals surface area (Å²) >= 11 is 0. The van der Waals surface area contributed by atoms with Crippen LogP contribution in [-0.4, -0.2) is 13.1 Å². The molecule has 0 spiro atoms. The Balaban J connectivity index is 2.07. The van der Waals surface area contributed by atoms with Gasteiger partial charge in [-0.3, -0.25) is 0 Å². The third kappa shape index (κ3) is 3.72. The molecule has 0 bridgehead atoms. The van der Waals surface area contributed by atoms with Gasteiger partial charge in [0.2, 0.25) is 0 Å². The van der Waals surface area contributed by atoms with Gasteiger partial charge in [0.25, 0.3) is 0 Å². The van der Waals surface area contributed by atoms with Crippen molar-refractivity contribution in [3.8, 4) is 0 Å². The summed E-state index contributed by atoms with van der Waals surface area (Å²) < 4.78 is 4.95. The molecule has 0 unspecified atom stereocenters. The molecule has 1 N–H and O–H groups in total. The van der Waals surface area contributed by atoms with Gasteiger partial charge in [-0.25, -0.2) is 4.79 Å². The molecule has 3 nitrogen and oxygen atoms in total. The van der Waals surface area contributed by atoms with Gasteiger partial charge in [0.1, 0.15) is 0 Å². The molecule has 0 fully saturated rings. The summed E-state index contributed by atoms with van der Waals surface area (Å²) in [5.74, 6) is -0.342. The molecule has 3 aromatic rings. The van der Waals surface area contributed by atoms with Crippen molar-refractivity contribution >= 4 is 11.7 Å². The number of carbonyl (C=O) groups excluding carboxylic acids is 1. The lowest BCUT2D eigenvalue weighted by Gasteiger charge is -2.23. The van der Waals surface area contributed by atoms with Gasteiger partial charge in [-0.05, 0) is 29.7 Å². The number of carbonyl (C=O) groups is 1. The first kappa shape index (κ1) is 16.8. The molecule has 0 amide bonds. The smallest absolute Gasteiger partial charge is 0.339 e. The number of hydrogen-bond acceptors (Lipinski definition) is 3. The molecule has 126 valence electrons. The third-order valence-electron chi connectivity index (χ3n) is 4.23. The summed E-state index contributed by atoms with van der Waals surface area (Å²) in [5, 5.41) is 3.56. The molecular formula is C22H21NO2. The highest BCUT2D eigenvalue weighted by Crippen LogP contribution is 2.30. The van der Waals surface area contributed by atoms with E-state index >= 15 is 0 Å². The molecule has 0 aliphatic rings. The first-order valence-electron chi connectivity index (χ1n) is 8.25. The lowest BCUT2D eigenvalue weighted by molar-refractivity contribution is 0.0601. The normalized spacial score (nSPS) is 10.5. The molecule has 3 aromatic carbocycles. The number of rotatable bonds is 5. The van der Waals surface area contributed by atoms with E-state index in [0.29, 0.717) is 5.56 Å². The number of ether oxygens (including phenoxy) is 1. The molecule has 0 atom stereocenters. The van der Waals surface area contributed by atoms with Crippen molar-refractivity contribution in [2.24, 2.45) is 0 Å². The van der Waals surface area contributed by atoms with Crippen LogP contribution in [0.15, 0.2) is 78.9 Å². The topological polar surface area (TPSA) is 38.3 Å². The van der Waals surface area contributed by atoms with E-state index in [0.717, 1.165) is 22.4 Å². The van der Waals surface area contributed by atoms with Crippen LogP contribution in [0.2, 0.25) is 0 Å². The van der Waals surface area contributed by atoms with Crippen LogP contribution in [0, 0.1) is 6.92 Å². The van der Waals surface area contributed by atoms with Gasteiger partial charge >= 0.3 is 5.97 Å². The highest BCUT2D eigenvalue weighted by Gasteiger charge is 2.19. The highest BCUT2D eigenvalue weighted by molar-refractivity contribution is 5.96. The maximum atomic E-state index is 12.2. The molecule has 0 aliphatic carbocycles. The molecule has 0 saturated carbocycles. The fraction of sp³-hybridized carbons (Fsp3) is 0.136. The Morgan fingerprint density at radius 3 is 1.92 bits per heavy atom. The Kier molecular flexibility index (Phi) is 5.14. The summed E-state index contributed by atoms with van der Waals surface area (Å²) in [6.07, 6.45) is 0. The molecule has 0 heterocycles. The Morgan fingerprint density at radius 2 is 1.40 bits per heavy atom. The van der Waals surface area contributed by atoms with E-state index in [2.05, 4.69) is 29.6 Å². The quantitative estimate of drug-likeness (QED) is 0.670. The van der Waals surface area contributed by atoms with E-state index in [9.17, 15) is 4.79 Å². The lowest BCUT2D eigenvalue weighted by atomic mass is 9.97. The SMILES string of the molecule is COC(=O)c1cccc(C)c1NC(c1ccccc1)c1ccccc1. The summed E-state index contributed by atoms with van der Waals surface area (Å²) in [4.78, 5) is 12.2. The van der Waals surface area contributed by atoms with Gasteiger partial charge in [0.15, 0.2) is 0 Å². The second-order valence-electron chi connectivity index (χ2n) is 5.89. The van der Waals surface area contributed by atoms with Crippen molar-refractivity contribution in [1.29, 1.82) is 0 Å². The minimum absolute atomic E-state index is 0.0630. The van der Waals surface area contributed by atoms with E-state index in [1.165, 1.54) is 7.11 Å². The van der Waals surface area contributed by atoms with Gasteiger partial charge in [-0.15, -0.1) is 0 Å². The minimum atomic E-state index is -0.342. The predicted octanol–water partition coefficient (Wildman–Crippen LogP) is 4.98. The zero-order valence-corrected chi connectivity index (χ0v) is 14.4. The van der Waals surface area contributed by atoms with E-state index in [1.54, 1.807) is 6.07 Å². The third-order valence-corrected chi connectivity index (χ3v) is 4.23. The largest absolute Gasteiger partial charge is 0.465 e. The van der Waals surface area contributed by atoms with Crippen LogP contribution in [0.3, 0.4) is 0 Å². The monoisotopic (exact) mass is 331 g/mol. The molecule has 0 radical (unpaired) electrons. The van der Waals surface area contributed by atoms with E-state index in [4.69, 9.17) is 4.74 Å². The van der Waals surface area contributed by atoms with Gasteiger partial charge in [0, 0.05) is 0 Å². The zero-order valence-electron chi connectivity index (χ0n) is 14.4. The molecule has 0 aromatic heterocycles. The highest BCUT2D eigenvalue weighted by atomic mass is 16.5. The molecule has 3 heteroatoms. The number of nitrogens with one attached hydrogen (secondary N) is 1. The number of hydrogen-bond donors (Lipinski definition) is 1. The van der Waals surface area contributed by atoms with Crippen molar-refractivity contribution in [3.63, 3.8) is 0 Å². The van der Waals surface area contributed by atoms with Crippen LogP contribution < -0.4 is 5.32 Å². The first-order valence-corrected chi connectivity index (χ1v) is 8.25. The Bertz CT molecular complexity index is 805. The molecule has 0 aliphatic heterocycles. The maximum absolute atomic E-state index is 12.2. The van der Waals surface area contributed by atoms with Crippen LogP contribution >= 0.6 is 0 Å². The van der Waals surface area contributed by atoms with E-state index in [-0.39, 0.29) is 12.0 Å². The molecule has 25 heavy (non-hydrogen) atoms. The van der Waals surface area contributed by atoms with Crippen molar-refractivity contribution in [2.75, 3.05) is 12.4 Å². The molecular weight excluding hydrogens is 310 g/mol. The molecule has 3 rings (SSSR count).